The fraction of sp³-hybridized carbons (Fsp3) is 0. The molecule has 11 heavy (non-hydrogen) atoms. The summed E-state index contributed by atoms with van der Waals surface area (Å²) in [5.74, 6) is 0.0949. The molecular formula is C4H5N4O2S-. The van der Waals surface area contributed by atoms with Crippen LogP contribution >= 0.6 is 0 Å². The Morgan fingerprint density at radius 2 is 2.18 bits per heavy atom. The SMILES string of the molecule is Nc1nccnc1NS(=O)[O-]. The molecule has 0 amide bonds. The first-order valence-electron chi connectivity index (χ1n) is 2.62. The van der Waals surface area contributed by atoms with Crippen LogP contribution in [0.4, 0.5) is 11.6 Å². The van der Waals surface area contributed by atoms with E-state index in [0.29, 0.717) is 0 Å². The average Bonchev–Trinajstić information content (AvgIpc) is 1.93. The second kappa shape index (κ2) is 3.26. The molecule has 0 aliphatic heterocycles. The van der Waals surface area contributed by atoms with Crippen molar-refractivity contribution in [3.8, 4) is 0 Å². The van der Waals surface area contributed by atoms with Crippen LogP contribution in [0.1, 0.15) is 0 Å². The van der Waals surface area contributed by atoms with Crippen molar-refractivity contribution in [2.45, 2.75) is 0 Å². The molecule has 0 fully saturated rings. The van der Waals surface area contributed by atoms with Crippen LogP contribution in [0.5, 0.6) is 0 Å². The molecule has 0 saturated heterocycles. The molecule has 0 aliphatic carbocycles. The molecule has 0 bridgehead atoms. The molecule has 60 valence electrons. The summed E-state index contributed by atoms with van der Waals surface area (Å²) in [6, 6.07) is 0. The summed E-state index contributed by atoms with van der Waals surface area (Å²) in [6.45, 7) is 0. The highest BCUT2D eigenvalue weighted by Gasteiger charge is 1.97. The number of nitrogens with one attached hydrogen (secondary N) is 1. The lowest BCUT2D eigenvalue weighted by atomic mass is 10.6. The summed E-state index contributed by atoms with van der Waals surface area (Å²) < 4.78 is 22.2. The second-order valence-corrected chi connectivity index (χ2v) is 2.30. The van der Waals surface area contributed by atoms with Crippen LogP contribution in [0.3, 0.4) is 0 Å². The standard InChI is InChI=1S/C4H6N4O2S/c5-3-4(8-11(9)10)7-2-1-6-3/h1-2H,(H2,5,6)(H,7,8)(H,9,10)/p-1. The Bertz CT molecular complexity index is 279. The van der Waals surface area contributed by atoms with Gasteiger partial charge in [-0.05, 0) is 0 Å². The molecule has 0 radical (unpaired) electrons. The fourth-order valence-corrected chi connectivity index (χ4v) is 0.821. The number of nitrogens with zero attached hydrogens (tertiary/aromatic N) is 2. The van der Waals surface area contributed by atoms with E-state index in [9.17, 15) is 8.76 Å². The highest BCUT2D eigenvalue weighted by atomic mass is 32.2. The van der Waals surface area contributed by atoms with Crippen LogP contribution in [0.25, 0.3) is 0 Å². The first kappa shape index (κ1) is 7.89. The first-order valence-corrected chi connectivity index (χ1v) is 3.70. The highest BCUT2D eigenvalue weighted by molar-refractivity contribution is 7.80. The van der Waals surface area contributed by atoms with Crippen LogP contribution in [0.15, 0.2) is 12.4 Å². The van der Waals surface area contributed by atoms with Crippen molar-refractivity contribution in [3.05, 3.63) is 12.4 Å². The largest absolute Gasteiger partial charge is 0.755 e. The van der Waals surface area contributed by atoms with E-state index in [1.54, 1.807) is 0 Å². The van der Waals surface area contributed by atoms with Crippen molar-refractivity contribution < 1.29 is 8.76 Å². The molecular weight excluding hydrogens is 168 g/mol. The van der Waals surface area contributed by atoms with Gasteiger partial charge in [-0.3, -0.25) is 8.93 Å². The van der Waals surface area contributed by atoms with E-state index < -0.39 is 11.3 Å². The Morgan fingerprint density at radius 3 is 2.73 bits per heavy atom. The van der Waals surface area contributed by atoms with Gasteiger partial charge in [-0.15, -0.1) is 0 Å². The lowest BCUT2D eigenvalue weighted by molar-refractivity contribution is 0.542. The van der Waals surface area contributed by atoms with Crippen LogP contribution in [-0.2, 0) is 11.3 Å². The number of rotatable bonds is 2. The second-order valence-electron chi connectivity index (χ2n) is 1.63. The molecule has 0 saturated carbocycles. The van der Waals surface area contributed by atoms with Crippen LogP contribution in [0.2, 0.25) is 0 Å². The summed E-state index contributed by atoms with van der Waals surface area (Å²) in [7, 11) is 0. The molecule has 0 aromatic carbocycles. The van der Waals surface area contributed by atoms with Gasteiger partial charge in [0.25, 0.3) is 0 Å². The van der Waals surface area contributed by atoms with Crippen molar-refractivity contribution in [1.82, 2.24) is 9.97 Å². The summed E-state index contributed by atoms with van der Waals surface area (Å²) >= 11 is -2.41. The van der Waals surface area contributed by atoms with Crippen molar-refractivity contribution in [3.63, 3.8) is 0 Å². The minimum atomic E-state index is -2.41. The Hall–Kier alpha value is -1.21. The maximum Gasteiger partial charge on any atom is 0.179 e. The van der Waals surface area contributed by atoms with Gasteiger partial charge < -0.3 is 10.3 Å². The van der Waals surface area contributed by atoms with E-state index in [1.807, 2.05) is 4.72 Å². The normalized spacial score (nSPS) is 12.5. The van der Waals surface area contributed by atoms with E-state index in [4.69, 9.17) is 5.73 Å². The van der Waals surface area contributed by atoms with E-state index in [-0.39, 0.29) is 11.6 Å². The zero-order valence-corrected chi connectivity index (χ0v) is 6.17. The van der Waals surface area contributed by atoms with Gasteiger partial charge in [-0.1, -0.05) is 0 Å². The molecule has 1 aromatic heterocycles. The van der Waals surface area contributed by atoms with Crippen LogP contribution in [0, 0.1) is 0 Å². The monoisotopic (exact) mass is 173 g/mol. The smallest absolute Gasteiger partial charge is 0.179 e. The molecule has 7 heteroatoms. The van der Waals surface area contributed by atoms with Gasteiger partial charge in [-0.2, -0.15) is 0 Å². The zero-order valence-electron chi connectivity index (χ0n) is 5.35. The summed E-state index contributed by atoms with van der Waals surface area (Å²) in [5.41, 5.74) is 5.26. The van der Waals surface area contributed by atoms with Crippen molar-refractivity contribution in [1.29, 1.82) is 0 Å². The van der Waals surface area contributed by atoms with Crippen LogP contribution < -0.4 is 10.5 Å². The van der Waals surface area contributed by atoms with Gasteiger partial charge in [0, 0.05) is 23.7 Å². The Kier molecular flexibility index (Phi) is 2.34. The molecule has 1 aromatic rings. The van der Waals surface area contributed by atoms with E-state index in [1.165, 1.54) is 12.4 Å². The molecule has 0 aliphatic rings. The third-order valence-corrected chi connectivity index (χ3v) is 1.27. The number of anilines is 2. The van der Waals surface area contributed by atoms with Gasteiger partial charge in [-0.25, -0.2) is 9.97 Å². The summed E-state index contributed by atoms with van der Waals surface area (Å²) in [6.07, 6.45) is 2.71. The third-order valence-electron chi connectivity index (χ3n) is 0.907. The maximum atomic E-state index is 10.1. The highest BCUT2D eigenvalue weighted by Crippen LogP contribution is 2.08. The molecule has 0 spiro atoms. The lowest BCUT2D eigenvalue weighted by Gasteiger charge is -2.07. The van der Waals surface area contributed by atoms with Gasteiger partial charge in [0.1, 0.15) is 0 Å². The first-order chi connectivity index (χ1) is 5.20. The van der Waals surface area contributed by atoms with Crippen molar-refractivity contribution in [2.24, 2.45) is 0 Å². The molecule has 1 rings (SSSR count). The number of hydrogen-bond acceptors (Lipinski definition) is 5. The topological polar surface area (TPSA) is 104 Å². The van der Waals surface area contributed by atoms with Gasteiger partial charge in [0.15, 0.2) is 11.6 Å². The van der Waals surface area contributed by atoms with Crippen molar-refractivity contribution >= 4 is 22.9 Å². The molecule has 1 atom stereocenters. The number of hydrogen-bond donors (Lipinski definition) is 2. The van der Waals surface area contributed by atoms with E-state index in [2.05, 4.69) is 9.97 Å². The molecule has 6 nitrogen and oxygen atoms in total. The zero-order chi connectivity index (χ0) is 8.27. The molecule has 3 N–H and O–H groups in total. The predicted molar refractivity (Wildman–Crippen MR) is 39.0 cm³/mol. The Labute approximate surface area is 65.3 Å². The Morgan fingerprint density at radius 1 is 1.55 bits per heavy atom. The number of nitrogen functional groups attached to an aromatic ring is 1. The fourth-order valence-electron chi connectivity index (χ4n) is 0.506. The predicted octanol–water partition coefficient (Wildman–Crippen LogP) is -0.735. The Balaban J connectivity index is 2.86. The van der Waals surface area contributed by atoms with Crippen molar-refractivity contribution in [2.75, 3.05) is 10.5 Å². The quantitative estimate of drug-likeness (QED) is 0.573. The van der Waals surface area contributed by atoms with E-state index in [0.717, 1.165) is 0 Å². The average molecular weight is 173 g/mol. The molecule has 1 unspecified atom stereocenters. The summed E-state index contributed by atoms with van der Waals surface area (Å²) in [4.78, 5) is 7.24. The lowest BCUT2D eigenvalue weighted by Crippen LogP contribution is -2.07. The van der Waals surface area contributed by atoms with Crippen LogP contribution in [-0.4, -0.2) is 18.7 Å². The van der Waals surface area contributed by atoms with Gasteiger partial charge in [0.05, 0.1) is 0 Å². The number of nitrogens with two attached hydrogens (primary N) is 1. The minimum Gasteiger partial charge on any atom is -0.755 e. The van der Waals surface area contributed by atoms with Gasteiger partial charge in [0.2, 0.25) is 0 Å². The van der Waals surface area contributed by atoms with E-state index >= 15 is 0 Å². The molecule has 1 heterocycles. The number of aromatic nitrogens is 2. The summed E-state index contributed by atoms with van der Waals surface area (Å²) in [5, 5.41) is 0. The maximum absolute atomic E-state index is 10.1. The minimum absolute atomic E-state index is 0.0424. The third kappa shape index (κ3) is 2.13. The van der Waals surface area contributed by atoms with Gasteiger partial charge >= 0.3 is 0 Å².